The number of hydrogen-bond acceptors (Lipinski definition) is 5. The number of rotatable bonds is 4. The lowest BCUT2D eigenvalue weighted by atomic mass is 10.0. The standard InChI is InChI=1S/C21H21N3O3.ClH/c25-21-16(14-20(24(26)27)18-8-4-5-9-19(18)21)15-22-10-12-23(13-11-22)17-6-2-1-3-7-17;/h1-9,14,25H,10-13,15H2;1H. The molecule has 0 radical (unpaired) electrons. The van der Waals surface area contributed by atoms with Crippen LogP contribution < -0.4 is 4.90 Å². The maximum absolute atomic E-state index is 11.5. The summed E-state index contributed by atoms with van der Waals surface area (Å²) in [6, 6.07) is 18.7. The van der Waals surface area contributed by atoms with Gasteiger partial charge in [0, 0.05) is 55.4 Å². The Balaban J connectivity index is 0.00000225. The van der Waals surface area contributed by atoms with E-state index < -0.39 is 0 Å². The van der Waals surface area contributed by atoms with E-state index in [-0.39, 0.29) is 28.8 Å². The SMILES string of the molecule is Cl.O=[N+]([O-])c1cc(CN2CCN(c3ccccc3)CC2)c(O)c2ccccc12. The van der Waals surface area contributed by atoms with E-state index in [1.165, 1.54) is 11.8 Å². The summed E-state index contributed by atoms with van der Waals surface area (Å²) in [6.07, 6.45) is 0. The highest BCUT2D eigenvalue weighted by Gasteiger charge is 2.22. The zero-order chi connectivity index (χ0) is 18.8. The monoisotopic (exact) mass is 399 g/mol. The van der Waals surface area contributed by atoms with Gasteiger partial charge in [0.15, 0.2) is 0 Å². The molecule has 0 aromatic heterocycles. The lowest BCUT2D eigenvalue weighted by Crippen LogP contribution is -2.45. The number of piperazine rings is 1. The Kier molecular flexibility index (Phi) is 6.02. The van der Waals surface area contributed by atoms with E-state index in [1.807, 2.05) is 18.2 Å². The van der Waals surface area contributed by atoms with Crippen LogP contribution in [0, 0.1) is 10.1 Å². The maximum Gasteiger partial charge on any atom is 0.277 e. The fraction of sp³-hybridized carbons (Fsp3) is 0.238. The van der Waals surface area contributed by atoms with Crippen molar-refractivity contribution >= 4 is 34.6 Å². The molecule has 146 valence electrons. The van der Waals surface area contributed by atoms with Gasteiger partial charge in [0.25, 0.3) is 5.69 Å². The van der Waals surface area contributed by atoms with Crippen LogP contribution in [-0.4, -0.2) is 41.1 Å². The Morgan fingerprint density at radius 2 is 1.54 bits per heavy atom. The molecular formula is C21H22ClN3O3. The van der Waals surface area contributed by atoms with Gasteiger partial charge in [0.2, 0.25) is 0 Å². The van der Waals surface area contributed by atoms with E-state index in [1.54, 1.807) is 24.3 Å². The van der Waals surface area contributed by atoms with E-state index in [0.717, 1.165) is 26.2 Å². The Bertz CT molecular complexity index is 973. The third kappa shape index (κ3) is 3.88. The Morgan fingerprint density at radius 3 is 2.18 bits per heavy atom. The molecule has 3 aromatic rings. The van der Waals surface area contributed by atoms with Crippen LogP contribution in [0.4, 0.5) is 11.4 Å². The summed E-state index contributed by atoms with van der Waals surface area (Å²) < 4.78 is 0. The van der Waals surface area contributed by atoms with Crippen molar-refractivity contribution in [2.75, 3.05) is 31.1 Å². The van der Waals surface area contributed by atoms with Crippen molar-refractivity contribution in [3.63, 3.8) is 0 Å². The molecule has 7 heteroatoms. The van der Waals surface area contributed by atoms with E-state index in [4.69, 9.17) is 0 Å². The van der Waals surface area contributed by atoms with E-state index in [9.17, 15) is 15.2 Å². The summed E-state index contributed by atoms with van der Waals surface area (Å²) in [5, 5.41) is 23.1. The third-order valence-electron chi connectivity index (χ3n) is 5.16. The molecule has 0 bridgehead atoms. The highest BCUT2D eigenvalue weighted by atomic mass is 35.5. The van der Waals surface area contributed by atoms with Crippen LogP contribution in [0.2, 0.25) is 0 Å². The Labute approximate surface area is 169 Å². The molecule has 1 fully saturated rings. The second-order valence-corrected chi connectivity index (χ2v) is 6.80. The van der Waals surface area contributed by atoms with Crippen molar-refractivity contribution in [2.45, 2.75) is 6.54 Å². The second-order valence-electron chi connectivity index (χ2n) is 6.80. The van der Waals surface area contributed by atoms with Crippen LogP contribution in [0.3, 0.4) is 0 Å². The number of phenols is 1. The van der Waals surface area contributed by atoms with Crippen molar-refractivity contribution in [3.05, 3.63) is 76.3 Å². The van der Waals surface area contributed by atoms with Gasteiger partial charge in [-0.1, -0.05) is 36.4 Å². The molecule has 1 aliphatic heterocycles. The number of nitro benzene ring substituents is 1. The number of para-hydroxylation sites is 1. The molecule has 0 unspecified atom stereocenters. The molecule has 1 aliphatic rings. The zero-order valence-electron chi connectivity index (χ0n) is 15.3. The number of fused-ring (bicyclic) bond motifs is 1. The van der Waals surface area contributed by atoms with Crippen LogP contribution in [0.25, 0.3) is 10.8 Å². The summed E-state index contributed by atoms with van der Waals surface area (Å²) in [6.45, 7) is 3.96. The topological polar surface area (TPSA) is 69.9 Å². The van der Waals surface area contributed by atoms with Gasteiger partial charge in [-0.2, -0.15) is 0 Å². The predicted octanol–water partition coefficient (Wildman–Crippen LogP) is 4.20. The van der Waals surface area contributed by atoms with Gasteiger partial charge in [-0.3, -0.25) is 15.0 Å². The molecule has 3 aromatic carbocycles. The van der Waals surface area contributed by atoms with Crippen molar-refractivity contribution in [1.29, 1.82) is 0 Å². The van der Waals surface area contributed by atoms with E-state index in [2.05, 4.69) is 21.9 Å². The van der Waals surface area contributed by atoms with Crippen molar-refractivity contribution < 1.29 is 10.0 Å². The number of hydrogen-bond donors (Lipinski definition) is 1. The molecule has 1 saturated heterocycles. The van der Waals surface area contributed by atoms with Crippen LogP contribution in [-0.2, 0) is 6.54 Å². The number of nitrogens with zero attached hydrogens (tertiary/aromatic N) is 3. The molecule has 0 spiro atoms. The average molecular weight is 400 g/mol. The average Bonchev–Trinajstić information content (AvgIpc) is 2.71. The van der Waals surface area contributed by atoms with Gasteiger partial charge in [0.1, 0.15) is 5.75 Å². The normalized spacial score (nSPS) is 14.6. The molecule has 4 rings (SSSR count). The highest BCUT2D eigenvalue weighted by molar-refractivity contribution is 5.96. The quantitative estimate of drug-likeness (QED) is 0.526. The lowest BCUT2D eigenvalue weighted by Gasteiger charge is -2.36. The molecule has 0 atom stereocenters. The van der Waals surface area contributed by atoms with Crippen molar-refractivity contribution in [2.24, 2.45) is 0 Å². The van der Waals surface area contributed by atoms with Gasteiger partial charge < -0.3 is 10.0 Å². The lowest BCUT2D eigenvalue weighted by molar-refractivity contribution is -0.383. The minimum absolute atomic E-state index is 0. The first kappa shape index (κ1) is 19.9. The first-order valence-electron chi connectivity index (χ1n) is 9.04. The maximum atomic E-state index is 11.5. The summed E-state index contributed by atoms with van der Waals surface area (Å²) in [4.78, 5) is 15.7. The van der Waals surface area contributed by atoms with Crippen LogP contribution in [0.1, 0.15) is 5.56 Å². The van der Waals surface area contributed by atoms with Gasteiger partial charge >= 0.3 is 0 Å². The predicted molar refractivity (Wildman–Crippen MR) is 113 cm³/mol. The van der Waals surface area contributed by atoms with E-state index in [0.29, 0.717) is 22.9 Å². The number of phenolic OH excluding ortho intramolecular Hbond substituents is 1. The molecule has 0 saturated carbocycles. The van der Waals surface area contributed by atoms with E-state index >= 15 is 0 Å². The molecule has 0 aliphatic carbocycles. The molecule has 6 nitrogen and oxygen atoms in total. The smallest absolute Gasteiger partial charge is 0.277 e. The number of non-ortho nitro benzene ring substituents is 1. The second kappa shape index (κ2) is 8.46. The van der Waals surface area contributed by atoms with Crippen LogP contribution in [0.15, 0.2) is 60.7 Å². The Hall–Kier alpha value is -2.83. The summed E-state index contributed by atoms with van der Waals surface area (Å²) >= 11 is 0. The molecular weight excluding hydrogens is 378 g/mol. The summed E-state index contributed by atoms with van der Waals surface area (Å²) in [5.74, 6) is 0.140. The van der Waals surface area contributed by atoms with Crippen LogP contribution in [0.5, 0.6) is 5.75 Å². The van der Waals surface area contributed by atoms with Crippen LogP contribution >= 0.6 is 12.4 Å². The summed E-state index contributed by atoms with van der Waals surface area (Å²) in [5.41, 5.74) is 1.86. The van der Waals surface area contributed by atoms with Gasteiger partial charge in [-0.25, -0.2) is 0 Å². The fourth-order valence-corrected chi connectivity index (χ4v) is 3.71. The molecule has 1 N–H and O–H groups in total. The number of halogens is 1. The molecule has 0 amide bonds. The fourth-order valence-electron chi connectivity index (χ4n) is 3.71. The number of benzene rings is 3. The first-order chi connectivity index (χ1) is 13.1. The zero-order valence-corrected chi connectivity index (χ0v) is 16.1. The van der Waals surface area contributed by atoms with Gasteiger partial charge in [0.05, 0.1) is 10.3 Å². The summed E-state index contributed by atoms with van der Waals surface area (Å²) in [7, 11) is 0. The number of aromatic hydroxyl groups is 1. The molecule has 1 heterocycles. The van der Waals surface area contributed by atoms with Crippen molar-refractivity contribution in [1.82, 2.24) is 4.90 Å². The van der Waals surface area contributed by atoms with Gasteiger partial charge in [-0.05, 0) is 18.2 Å². The minimum atomic E-state index is -0.376. The largest absolute Gasteiger partial charge is 0.507 e. The number of nitro groups is 1. The minimum Gasteiger partial charge on any atom is -0.507 e. The van der Waals surface area contributed by atoms with Crippen molar-refractivity contribution in [3.8, 4) is 5.75 Å². The van der Waals surface area contributed by atoms with Gasteiger partial charge in [-0.15, -0.1) is 12.4 Å². The Morgan fingerprint density at radius 1 is 0.929 bits per heavy atom. The molecule has 28 heavy (non-hydrogen) atoms. The number of anilines is 1. The first-order valence-corrected chi connectivity index (χ1v) is 9.04. The highest BCUT2D eigenvalue weighted by Crippen LogP contribution is 2.36. The third-order valence-corrected chi connectivity index (χ3v) is 5.16.